The summed E-state index contributed by atoms with van der Waals surface area (Å²) in [6.07, 6.45) is -2.26. The lowest BCUT2D eigenvalue weighted by Crippen LogP contribution is -2.59. The zero-order valence-electron chi connectivity index (χ0n) is 33.5. The van der Waals surface area contributed by atoms with Gasteiger partial charge in [0, 0.05) is 6.92 Å². The Morgan fingerprint density at radius 2 is 1.30 bits per heavy atom. The van der Waals surface area contributed by atoms with Crippen molar-refractivity contribution in [2.45, 2.75) is 123 Å². The minimum absolute atomic E-state index is 0.000465. The van der Waals surface area contributed by atoms with Crippen molar-refractivity contribution in [3.63, 3.8) is 0 Å². The number of rotatable bonds is 24. The third kappa shape index (κ3) is 17.1. The Hall–Kier alpha value is -5.10. The molecular weight excluding hydrogens is 730 g/mol. The van der Waals surface area contributed by atoms with Gasteiger partial charge in [-0.2, -0.15) is 0 Å². The van der Waals surface area contributed by atoms with E-state index >= 15 is 0 Å². The lowest BCUT2D eigenvalue weighted by atomic mass is 9.95. The van der Waals surface area contributed by atoms with Crippen LogP contribution in [-0.4, -0.2) is 114 Å². The van der Waals surface area contributed by atoms with Crippen molar-refractivity contribution in [3.05, 3.63) is 35.9 Å². The number of carbonyl (C=O) groups excluding carboxylic acids is 8. The Labute approximate surface area is 328 Å². The molecule has 1 aromatic carbocycles. The Kier molecular flexibility index (Phi) is 21.3. The molecule has 0 aliphatic rings. The second-order valence-corrected chi connectivity index (χ2v) is 14.6. The van der Waals surface area contributed by atoms with Crippen LogP contribution in [0.2, 0.25) is 0 Å². The molecule has 314 valence electrons. The van der Waals surface area contributed by atoms with Crippen LogP contribution in [0, 0.1) is 17.8 Å². The average Bonchev–Trinajstić information content (AvgIpc) is 3.12. The second kappa shape index (κ2) is 24.4. The molecule has 0 saturated heterocycles. The van der Waals surface area contributed by atoms with Gasteiger partial charge in [-0.1, -0.05) is 78.3 Å². The van der Waals surface area contributed by atoms with Gasteiger partial charge in [0.25, 0.3) is 0 Å². The smallest absolute Gasteiger partial charge is 0.328 e. The van der Waals surface area contributed by atoms with E-state index in [0.29, 0.717) is 12.0 Å². The summed E-state index contributed by atoms with van der Waals surface area (Å²) in [5.74, 6) is -7.09. The van der Waals surface area contributed by atoms with Gasteiger partial charge in [-0.3, -0.25) is 33.6 Å². The van der Waals surface area contributed by atoms with E-state index < -0.39 is 109 Å². The van der Waals surface area contributed by atoms with Crippen LogP contribution in [0.15, 0.2) is 30.3 Å². The largest absolute Gasteiger partial charge is 0.467 e. The molecule has 0 aliphatic heterocycles. The van der Waals surface area contributed by atoms with Crippen LogP contribution in [0.4, 0.5) is 0 Å². The highest BCUT2D eigenvalue weighted by Gasteiger charge is 2.35. The summed E-state index contributed by atoms with van der Waals surface area (Å²) in [5.41, 5.74) is 6.09. The van der Waals surface area contributed by atoms with E-state index in [9.17, 15) is 48.6 Å². The third-order valence-corrected chi connectivity index (χ3v) is 8.97. The van der Waals surface area contributed by atoms with Crippen LogP contribution in [0.3, 0.4) is 0 Å². The molecule has 56 heavy (non-hydrogen) atoms. The van der Waals surface area contributed by atoms with E-state index in [4.69, 9.17) is 10.5 Å². The molecule has 0 heterocycles. The molecular formula is C38H61N7O11. The second-order valence-electron chi connectivity index (χ2n) is 14.6. The van der Waals surface area contributed by atoms with E-state index in [0.717, 1.165) is 6.92 Å². The first kappa shape index (κ1) is 48.9. The van der Waals surface area contributed by atoms with Crippen LogP contribution in [0.1, 0.15) is 79.7 Å². The summed E-state index contributed by atoms with van der Waals surface area (Å²) in [4.78, 5) is 103. The number of nitrogens with one attached hydrogen (secondary N) is 6. The number of aliphatic hydroxyl groups is 2. The van der Waals surface area contributed by atoms with Gasteiger partial charge in [-0.05, 0) is 36.2 Å². The Morgan fingerprint density at radius 3 is 1.80 bits per heavy atom. The average molecular weight is 792 g/mol. The molecule has 0 aliphatic carbocycles. The van der Waals surface area contributed by atoms with Crippen LogP contribution < -0.4 is 37.6 Å². The molecule has 1 aromatic rings. The summed E-state index contributed by atoms with van der Waals surface area (Å²) >= 11 is 0. The minimum Gasteiger partial charge on any atom is -0.467 e. The number of benzene rings is 1. The van der Waals surface area contributed by atoms with Gasteiger partial charge in [-0.25, -0.2) is 4.79 Å². The third-order valence-electron chi connectivity index (χ3n) is 8.97. The van der Waals surface area contributed by atoms with E-state index in [-0.39, 0.29) is 30.6 Å². The Bertz CT molecular complexity index is 1490. The van der Waals surface area contributed by atoms with E-state index in [2.05, 4.69) is 31.9 Å². The van der Waals surface area contributed by atoms with Gasteiger partial charge in [0.2, 0.25) is 41.4 Å². The number of aliphatic hydroxyl groups excluding tert-OH is 2. The molecule has 0 unspecified atom stereocenters. The zero-order valence-corrected chi connectivity index (χ0v) is 33.5. The quantitative estimate of drug-likeness (QED) is 0.0555. The van der Waals surface area contributed by atoms with Gasteiger partial charge in [0.15, 0.2) is 0 Å². The molecule has 0 saturated carbocycles. The molecule has 18 heteroatoms. The van der Waals surface area contributed by atoms with Crippen LogP contribution >= 0.6 is 0 Å². The number of nitrogens with two attached hydrogens (primary N) is 1. The maximum Gasteiger partial charge on any atom is 0.328 e. The highest BCUT2D eigenvalue weighted by Crippen LogP contribution is 2.14. The van der Waals surface area contributed by atoms with Crippen molar-refractivity contribution in [1.82, 2.24) is 31.9 Å². The first-order chi connectivity index (χ1) is 26.2. The highest BCUT2D eigenvalue weighted by atomic mass is 16.5. The first-order valence-electron chi connectivity index (χ1n) is 18.7. The Balaban J connectivity index is 3.34. The predicted octanol–water partition coefficient (Wildman–Crippen LogP) is -1.30. The SMILES string of the molecule is CC[C@H](C)[C@H](NC(=O)C[C@H](O)[C@H](Cc1ccccc1)NC(=O)[C@H](CC(N)=O)NC(=O)[C@H](CC(C)C)NC(=O)[C@H](CO)NC(C)=O)C(=O)N[C@H](C(=O)OC)C(C)C. The molecule has 0 radical (unpaired) electrons. The number of methoxy groups -OCH3 is 1. The molecule has 10 N–H and O–H groups in total. The fourth-order valence-electron chi connectivity index (χ4n) is 5.67. The molecule has 8 atom stereocenters. The number of amides is 7. The molecule has 7 amide bonds. The normalized spacial score (nSPS) is 15.4. The minimum atomic E-state index is -1.59. The summed E-state index contributed by atoms with van der Waals surface area (Å²) in [6.45, 7) is 10.9. The van der Waals surface area contributed by atoms with E-state index in [1.807, 2.05) is 6.92 Å². The summed E-state index contributed by atoms with van der Waals surface area (Å²) in [5, 5.41) is 36.1. The molecule has 18 nitrogen and oxygen atoms in total. The first-order valence-corrected chi connectivity index (χ1v) is 18.7. The van der Waals surface area contributed by atoms with Crippen molar-refractivity contribution in [3.8, 4) is 0 Å². The van der Waals surface area contributed by atoms with Gasteiger partial charge >= 0.3 is 5.97 Å². The fourth-order valence-corrected chi connectivity index (χ4v) is 5.67. The van der Waals surface area contributed by atoms with E-state index in [1.165, 1.54) is 7.11 Å². The lowest BCUT2D eigenvalue weighted by Gasteiger charge is -2.29. The molecule has 0 bridgehead atoms. The van der Waals surface area contributed by atoms with Crippen molar-refractivity contribution >= 4 is 47.3 Å². The summed E-state index contributed by atoms with van der Waals surface area (Å²) in [6, 6.07) is 1.23. The van der Waals surface area contributed by atoms with Gasteiger partial charge in [0.05, 0.1) is 38.7 Å². The van der Waals surface area contributed by atoms with Gasteiger partial charge in [0.1, 0.15) is 30.2 Å². The van der Waals surface area contributed by atoms with Crippen molar-refractivity contribution in [2.75, 3.05) is 13.7 Å². The number of carbonyl (C=O) groups is 8. The molecule has 1 rings (SSSR count). The monoisotopic (exact) mass is 791 g/mol. The summed E-state index contributed by atoms with van der Waals surface area (Å²) < 4.78 is 4.81. The maximum absolute atomic E-state index is 13.8. The zero-order chi connectivity index (χ0) is 42.7. The molecule has 0 spiro atoms. The van der Waals surface area contributed by atoms with Crippen molar-refractivity contribution in [1.29, 1.82) is 0 Å². The molecule has 0 fully saturated rings. The Morgan fingerprint density at radius 1 is 0.732 bits per heavy atom. The van der Waals surface area contributed by atoms with Gasteiger partial charge < -0.3 is 52.6 Å². The van der Waals surface area contributed by atoms with Crippen molar-refractivity contribution < 1.29 is 53.3 Å². The number of hydrogen-bond acceptors (Lipinski definition) is 11. The number of primary amides is 1. The van der Waals surface area contributed by atoms with Gasteiger partial charge in [-0.15, -0.1) is 0 Å². The predicted molar refractivity (Wildman–Crippen MR) is 205 cm³/mol. The van der Waals surface area contributed by atoms with Crippen LogP contribution in [-0.2, 0) is 49.5 Å². The fraction of sp³-hybridized carbons (Fsp3) is 0.632. The number of hydrogen-bond donors (Lipinski definition) is 9. The topological polar surface area (TPSA) is 284 Å². The van der Waals surface area contributed by atoms with E-state index in [1.54, 1.807) is 65.0 Å². The number of esters is 1. The summed E-state index contributed by atoms with van der Waals surface area (Å²) in [7, 11) is 1.20. The molecule has 0 aromatic heterocycles. The highest BCUT2D eigenvalue weighted by molar-refractivity contribution is 5.96. The van der Waals surface area contributed by atoms with Crippen molar-refractivity contribution in [2.24, 2.45) is 23.5 Å². The maximum atomic E-state index is 13.8. The number of ether oxygens (including phenoxy) is 1. The lowest BCUT2D eigenvalue weighted by molar-refractivity contribution is -0.147. The standard InChI is InChI=1S/C38H61N7O11/c1-9-22(6)33(37(54)45-32(21(4)5)38(55)56-8)44-31(50)18-29(48)25(16-24-13-11-10-12-14-24)41-35(52)27(17-30(39)49)43-34(51)26(15-20(2)3)42-36(53)28(19-46)40-23(7)47/h10-14,20-22,25-29,32-33,46,48H,9,15-19H2,1-8H3,(H2,39,49)(H,40,47)(H,41,52)(H,42,53)(H,43,51)(H,44,50)(H,45,54)/t22-,25-,26-,27-,28-,29-,32-,33-/m0/s1. The van der Waals surface area contributed by atoms with Crippen LogP contribution in [0.25, 0.3) is 0 Å². The van der Waals surface area contributed by atoms with Crippen LogP contribution in [0.5, 0.6) is 0 Å².